The van der Waals surface area contributed by atoms with E-state index >= 15 is 0 Å². The van der Waals surface area contributed by atoms with Crippen molar-refractivity contribution in [2.24, 2.45) is 0 Å². The quantitative estimate of drug-likeness (QED) is 0.419. The minimum atomic E-state index is -0.436. The van der Waals surface area contributed by atoms with Gasteiger partial charge >= 0.3 is 0 Å². The number of likely N-dealkylation sites (N-methyl/N-ethyl adjacent to an activating group) is 1. The summed E-state index contributed by atoms with van der Waals surface area (Å²) in [5.41, 5.74) is 0.691. The van der Waals surface area contributed by atoms with Crippen LogP contribution in [0.25, 0.3) is 6.08 Å². The number of benzene rings is 2. The fourth-order valence-electron chi connectivity index (χ4n) is 2.28. The van der Waals surface area contributed by atoms with E-state index in [1.807, 2.05) is 43.3 Å². The number of carbonyl (C=O) groups excluding carboxylic acids is 1. The Hall–Kier alpha value is -3.46. The standard InChI is InChI=1S/C21H22N2O4/c1-3-25-20-14-16(13-17(15-22)21(24)23-2)9-10-19(20)27-12-11-26-18-7-5-4-6-8-18/h4-10,13-14H,3,11-12H2,1-2H3,(H,23,24). The summed E-state index contributed by atoms with van der Waals surface area (Å²) in [4.78, 5) is 11.6. The summed E-state index contributed by atoms with van der Waals surface area (Å²) < 4.78 is 17.0. The largest absolute Gasteiger partial charge is 0.490 e. The summed E-state index contributed by atoms with van der Waals surface area (Å²) in [6.45, 7) is 3.08. The number of amides is 1. The van der Waals surface area contributed by atoms with Crippen LogP contribution in [0.5, 0.6) is 17.2 Å². The number of para-hydroxylation sites is 1. The minimum absolute atomic E-state index is 0.0184. The third-order valence-corrected chi connectivity index (χ3v) is 3.52. The second-order valence-electron chi connectivity index (χ2n) is 5.40. The summed E-state index contributed by atoms with van der Waals surface area (Å²) in [7, 11) is 1.48. The SMILES string of the molecule is CCOc1cc(C=C(C#N)C(=O)NC)ccc1OCCOc1ccccc1. The number of ether oxygens (including phenoxy) is 3. The zero-order chi connectivity index (χ0) is 19.5. The first-order valence-corrected chi connectivity index (χ1v) is 8.59. The molecule has 1 N–H and O–H groups in total. The summed E-state index contributed by atoms with van der Waals surface area (Å²) >= 11 is 0. The Morgan fingerprint density at radius 3 is 2.48 bits per heavy atom. The Kier molecular flexibility index (Phi) is 7.73. The zero-order valence-electron chi connectivity index (χ0n) is 15.4. The van der Waals surface area contributed by atoms with E-state index in [4.69, 9.17) is 19.5 Å². The molecule has 6 heteroatoms. The van der Waals surface area contributed by atoms with Gasteiger partial charge < -0.3 is 19.5 Å². The first-order valence-electron chi connectivity index (χ1n) is 8.59. The maximum absolute atomic E-state index is 11.6. The molecule has 2 rings (SSSR count). The second kappa shape index (κ2) is 10.5. The van der Waals surface area contributed by atoms with Gasteiger partial charge in [-0.3, -0.25) is 4.79 Å². The third-order valence-electron chi connectivity index (χ3n) is 3.52. The maximum Gasteiger partial charge on any atom is 0.261 e. The van der Waals surface area contributed by atoms with E-state index < -0.39 is 5.91 Å². The van der Waals surface area contributed by atoms with Gasteiger partial charge in [-0.2, -0.15) is 5.26 Å². The molecule has 0 heterocycles. The van der Waals surface area contributed by atoms with Gasteiger partial charge in [-0.05, 0) is 42.8 Å². The molecule has 0 bridgehead atoms. The first-order chi connectivity index (χ1) is 13.2. The number of hydrogen-bond donors (Lipinski definition) is 1. The minimum Gasteiger partial charge on any atom is -0.490 e. The molecule has 1 amide bonds. The van der Waals surface area contributed by atoms with Gasteiger partial charge in [0.2, 0.25) is 0 Å². The van der Waals surface area contributed by atoms with E-state index in [0.717, 1.165) is 5.75 Å². The molecule has 27 heavy (non-hydrogen) atoms. The van der Waals surface area contributed by atoms with Crippen LogP contribution >= 0.6 is 0 Å². The normalized spacial score (nSPS) is 10.6. The van der Waals surface area contributed by atoms with Gasteiger partial charge in [0.05, 0.1) is 6.61 Å². The van der Waals surface area contributed by atoms with Crippen molar-refractivity contribution in [3.63, 3.8) is 0 Å². The summed E-state index contributed by atoms with van der Waals surface area (Å²) in [5.74, 6) is 1.46. The molecule has 0 saturated carbocycles. The average Bonchev–Trinajstić information content (AvgIpc) is 2.71. The summed E-state index contributed by atoms with van der Waals surface area (Å²) in [6.07, 6.45) is 1.50. The highest BCUT2D eigenvalue weighted by molar-refractivity contribution is 6.01. The van der Waals surface area contributed by atoms with E-state index in [2.05, 4.69) is 5.32 Å². The highest BCUT2D eigenvalue weighted by Crippen LogP contribution is 2.29. The van der Waals surface area contributed by atoms with Crippen LogP contribution in [0.1, 0.15) is 12.5 Å². The smallest absolute Gasteiger partial charge is 0.261 e. The van der Waals surface area contributed by atoms with Crippen molar-refractivity contribution in [2.45, 2.75) is 6.92 Å². The van der Waals surface area contributed by atoms with Crippen LogP contribution in [0.15, 0.2) is 54.1 Å². The maximum atomic E-state index is 11.6. The van der Waals surface area contributed by atoms with E-state index in [1.165, 1.54) is 13.1 Å². The number of nitrogens with zero attached hydrogens (tertiary/aromatic N) is 1. The lowest BCUT2D eigenvalue weighted by Gasteiger charge is -2.13. The van der Waals surface area contributed by atoms with Gasteiger partial charge in [0.25, 0.3) is 5.91 Å². The Balaban J connectivity index is 2.05. The predicted octanol–water partition coefficient (Wildman–Crippen LogP) is 3.20. The highest BCUT2D eigenvalue weighted by Gasteiger charge is 2.09. The number of hydrogen-bond acceptors (Lipinski definition) is 5. The Labute approximate surface area is 159 Å². The molecular formula is C21H22N2O4. The fourth-order valence-corrected chi connectivity index (χ4v) is 2.28. The van der Waals surface area contributed by atoms with E-state index in [0.29, 0.717) is 36.9 Å². The van der Waals surface area contributed by atoms with Gasteiger partial charge in [0, 0.05) is 7.05 Å². The van der Waals surface area contributed by atoms with Gasteiger partial charge in [-0.1, -0.05) is 24.3 Å². The van der Waals surface area contributed by atoms with Crippen LogP contribution < -0.4 is 19.5 Å². The zero-order valence-corrected chi connectivity index (χ0v) is 15.4. The highest BCUT2D eigenvalue weighted by atomic mass is 16.5. The molecule has 0 radical (unpaired) electrons. The molecule has 0 fully saturated rings. The van der Waals surface area contributed by atoms with E-state index in [1.54, 1.807) is 18.2 Å². The topological polar surface area (TPSA) is 80.6 Å². The molecule has 0 aromatic heterocycles. The van der Waals surface area contributed by atoms with Crippen molar-refractivity contribution in [3.05, 3.63) is 59.7 Å². The monoisotopic (exact) mass is 366 g/mol. The number of nitrogens with one attached hydrogen (secondary N) is 1. The predicted molar refractivity (Wildman–Crippen MR) is 103 cm³/mol. The van der Waals surface area contributed by atoms with Gasteiger partial charge in [0.15, 0.2) is 11.5 Å². The fraction of sp³-hybridized carbons (Fsp3) is 0.238. The average molecular weight is 366 g/mol. The molecule has 6 nitrogen and oxygen atoms in total. The molecule has 2 aromatic carbocycles. The molecular weight excluding hydrogens is 344 g/mol. The van der Waals surface area contributed by atoms with E-state index in [-0.39, 0.29) is 5.57 Å². The Morgan fingerprint density at radius 2 is 1.81 bits per heavy atom. The van der Waals surface area contributed by atoms with Crippen LogP contribution in [0, 0.1) is 11.3 Å². The number of carbonyl (C=O) groups is 1. The van der Waals surface area contributed by atoms with Gasteiger partial charge in [0.1, 0.15) is 30.6 Å². The van der Waals surface area contributed by atoms with Crippen LogP contribution in [-0.4, -0.2) is 32.8 Å². The lowest BCUT2D eigenvalue weighted by atomic mass is 10.1. The summed E-state index contributed by atoms with van der Waals surface area (Å²) in [6, 6.07) is 16.6. The lowest BCUT2D eigenvalue weighted by Crippen LogP contribution is -2.19. The molecule has 0 unspecified atom stereocenters. The van der Waals surface area contributed by atoms with Crippen LogP contribution in [0.3, 0.4) is 0 Å². The molecule has 0 atom stereocenters. The molecule has 0 spiro atoms. The van der Waals surface area contributed by atoms with Crippen molar-refractivity contribution in [3.8, 4) is 23.3 Å². The second-order valence-corrected chi connectivity index (χ2v) is 5.40. The molecule has 0 aliphatic rings. The number of nitriles is 1. The van der Waals surface area contributed by atoms with Crippen LogP contribution in [0.2, 0.25) is 0 Å². The van der Waals surface area contributed by atoms with Crippen molar-refractivity contribution >= 4 is 12.0 Å². The van der Waals surface area contributed by atoms with Gasteiger partial charge in [-0.15, -0.1) is 0 Å². The third kappa shape index (κ3) is 6.08. The molecule has 0 saturated heterocycles. The molecule has 2 aromatic rings. The van der Waals surface area contributed by atoms with Crippen molar-refractivity contribution in [2.75, 3.05) is 26.9 Å². The Bertz CT molecular complexity index is 826. The molecule has 0 aliphatic heterocycles. The van der Waals surface area contributed by atoms with Crippen molar-refractivity contribution < 1.29 is 19.0 Å². The lowest BCUT2D eigenvalue weighted by molar-refractivity contribution is -0.116. The van der Waals surface area contributed by atoms with E-state index in [9.17, 15) is 4.79 Å². The van der Waals surface area contributed by atoms with Crippen molar-refractivity contribution in [1.29, 1.82) is 5.26 Å². The summed E-state index contributed by atoms with van der Waals surface area (Å²) in [5, 5.41) is 11.5. The Morgan fingerprint density at radius 1 is 1.07 bits per heavy atom. The van der Waals surface area contributed by atoms with Crippen LogP contribution in [0.4, 0.5) is 0 Å². The van der Waals surface area contributed by atoms with Crippen molar-refractivity contribution in [1.82, 2.24) is 5.32 Å². The van der Waals surface area contributed by atoms with Gasteiger partial charge in [-0.25, -0.2) is 0 Å². The molecule has 140 valence electrons. The number of rotatable bonds is 9. The molecule has 0 aliphatic carbocycles. The first kappa shape index (κ1) is 19.9. The van der Waals surface area contributed by atoms with Crippen LogP contribution in [-0.2, 0) is 4.79 Å².